The van der Waals surface area contributed by atoms with E-state index >= 15 is 0 Å². The number of aromatic nitrogens is 1. The first-order valence-electron chi connectivity index (χ1n) is 5.95. The number of thiophene rings is 1. The summed E-state index contributed by atoms with van der Waals surface area (Å²) in [6.45, 7) is 2.03. The second kappa shape index (κ2) is 4.93. The molecule has 3 aromatic rings. The Hall–Kier alpha value is -1.42. The highest BCUT2D eigenvalue weighted by Crippen LogP contribution is 2.31. The van der Waals surface area contributed by atoms with Crippen LogP contribution in [0, 0.1) is 6.92 Å². The molecule has 96 valence electrons. The zero-order valence-electron chi connectivity index (χ0n) is 10.3. The number of nitrogens with zero attached hydrogens (tertiary/aromatic N) is 1. The quantitative estimate of drug-likeness (QED) is 0.761. The molecule has 1 atom stereocenters. The predicted octanol–water partition coefficient (Wildman–Crippen LogP) is 4.34. The summed E-state index contributed by atoms with van der Waals surface area (Å²) in [6.07, 6.45) is -0.721. The van der Waals surface area contributed by atoms with E-state index in [-0.39, 0.29) is 0 Å². The lowest BCUT2D eigenvalue weighted by Gasteiger charge is -2.11. The van der Waals surface area contributed by atoms with Gasteiger partial charge in [-0.1, -0.05) is 29.8 Å². The normalized spacial score (nSPS) is 12.8. The summed E-state index contributed by atoms with van der Waals surface area (Å²) in [5, 5.41) is 11.5. The fourth-order valence-electron chi connectivity index (χ4n) is 2.14. The fourth-order valence-corrected chi connectivity index (χ4v) is 3.20. The molecular formula is C15H12ClNOS. The molecule has 0 fully saturated rings. The molecule has 3 rings (SSSR count). The number of pyridine rings is 1. The number of aliphatic hydroxyl groups excluding tert-OH is 1. The second-order valence-corrected chi connectivity index (χ2v) is 6.17. The Morgan fingerprint density at radius 2 is 2.00 bits per heavy atom. The van der Waals surface area contributed by atoms with Gasteiger partial charge in [0.25, 0.3) is 0 Å². The van der Waals surface area contributed by atoms with Crippen molar-refractivity contribution in [3.8, 4) is 0 Å². The first-order chi connectivity index (χ1) is 9.15. The third-order valence-electron chi connectivity index (χ3n) is 3.09. The topological polar surface area (TPSA) is 33.1 Å². The SMILES string of the molecule is Cc1cc(C(O)c2ccc(Cl)s2)nc2ccccc12. The van der Waals surface area contributed by atoms with Crippen LogP contribution in [0.4, 0.5) is 0 Å². The van der Waals surface area contributed by atoms with E-state index in [0.29, 0.717) is 10.0 Å². The van der Waals surface area contributed by atoms with E-state index in [2.05, 4.69) is 4.98 Å². The van der Waals surface area contributed by atoms with Crippen LogP contribution in [-0.4, -0.2) is 10.1 Å². The van der Waals surface area contributed by atoms with E-state index in [1.807, 2.05) is 43.3 Å². The number of benzene rings is 1. The minimum atomic E-state index is -0.721. The Kier molecular flexibility index (Phi) is 3.27. The van der Waals surface area contributed by atoms with Crippen LogP contribution in [0.1, 0.15) is 22.2 Å². The van der Waals surface area contributed by atoms with E-state index < -0.39 is 6.10 Å². The van der Waals surface area contributed by atoms with Gasteiger partial charge in [-0.25, -0.2) is 4.98 Å². The monoisotopic (exact) mass is 289 g/mol. The molecule has 2 nitrogen and oxygen atoms in total. The van der Waals surface area contributed by atoms with Gasteiger partial charge in [-0.15, -0.1) is 11.3 Å². The number of halogens is 1. The number of hydrogen-bond acceptors (Lipinski definition) is 3. The molecule has 0 aliphatic heterocycles. The molecule has 0 radical (unpaired) electrons. The van der Waals surface area contributed by atoms with Crippen molar-refractivity contribution in [1.29, 1.82) is 0 Å². The molecule has 1 aromatic carbocycles. The Labute approximate surface area is 120 Å². The molecule has 1 N–H and O–H groups in total. The number of rotatable bonds is 2. The average Bonchev–Trinajstić information content (AvgIpc) is 2.84. The zero-order valence-corrected chi connectivity index (χ0v) is 11.9. The highest BCUT2D eigenvalue weighted by Gasteiger charge is 2.15. The highest BCUT2D eigenvalue weighted by molar-refractivity contribution is 7.16. The number of fused-ring (bicyclic) bond motifs is 1. The van der Waals surface area contributed by atoms with Gasteiger partial charge in [0.2, 0.25) is 0 Å². The average molecular weight is 290 g/mol. The van der Waals surface area contributed by atoms with Crippen LogP contribution in [0.3, 0.4) is 0 Å². The Bertz CT molecular complexity index is 738. The maximum absolute atomic E-state index is 10.4. The Morgan fingerprint density at radius 1 is 1.21 bits per heavy atom. The minimum Gasteiger partial charge on any atom is -0.381 e. The van der Waals surface area contributed by atoms with Crippen molar-refractivity contribution in [2.24, 2.45) is 0 Å². The van der Waals surface area contributed by atoms with Crippen molar-refractivity contribution in [3.63, 3.8) is 0 Å². The van der Waals surface area contributed by atoms with Crippen LogP contribution in [0.5, 0.6) is 0 Å². The Morgan fingerprint density at radius 3 is 2.74 bits per heavy atom. The summed E-state index contributed by atoms with van der Waals surface area (Å²) in [6, 6.07) is 13.5. The summed E-state index contributed by atoms with van der Waals surface area (Å²) in [5.74, 6) is 0. The van der Waals surface area contributed by atoms with Crippen molar-refractivity contribution in [3.05, 3.63) is 62.9 Å². The smallest absolute Gasteiger partial charge is 0.130 e. The van der Waals surface area contributed by atoms with Crippen molar-refractivity contribution in [1.82, 2.24) is 4.98 Å². The maximum Gasteiger partial charge on any atom is 0.130 e. The summed E-state index contributed by atoms with van der Waals surface area (Å²) in [7, 11) is 0. The van der Waals surface area contributed by atoms with Gasteiger partial charge >= 0.3 is 0 Å². The summed E-state index contributed by atoms with van der Waals surface area (Å²) >= 11 is 7.28. The highest BCUT2D eigenvalue weighted by atomic mass is 35.5. The summed E-state index contributed by atoms with van der Waals surface area (Å²) < 4.78 is 0.673. The van der Waals surface area contributed by atoms with Crippen molar-refractivity contribution < 1.29 is 5.11 Å². The van der Waals surface area contributed by atoms with Gasteiger partial charge in [-0.2, -0.15) is 0 Å². The molecule has 4 heteroatoms. The number of para-hydroxylation sites is 1. The van der Waals surface area contributed by atoms with Crippen LogP contribution in [-0.2, 0) is 0 Å². The van der Waals surface area contributed by atoms with Crippen LogP contribution >= 0.6 is 22.9 Å². The molecule has 19 heavy (non-hydrogen) atoms. The van der Waals surface area contributed by atoms with E-state index in [4.69, 9.17) is 11.6 Å². The first kappa shape index (κ1) is 12.6. The van der Waals surface area contributed by atoms with Gasteiger partial charge in [0.1, 0.15) is 6.10 Å². The first-order valence-corrected chi connectivity index (χ1v) is 7.14. The second-order valence-electron chi connectivity index (χ2n) is 4.43. The molecule has 0 spiro atoms. The molecule has 0 amide bonds. The molecule has 0 bridgehead atoms. The van der Waals surface area contributed by atoms with E-state index in [9.17, 15) is 5.11 Å². The molecule has 0 saturated carbocycles. The minimum absolute atomic E-state index is 0.662. The van der Waals surface area contributed by atoms with E-state index in [0.717, 1.165) is 21.3 Å². The zero-order chi connectivity index (χ0) is 13.4. The van der Waals surface area contributed by atoms with Gasteiger partial charge in [0.15, 0.2) is 0 Å². The molecule has 2 aromatic heterocycles. The lowest BCUT2D eigenvalue weighted by Crippen LogP contribution is -2.01. The van der Waals surface area contributed by atoms with Crippen LogP contribution in [0.25, 0.3) is 10.9 Å². The molecular weight excluding hydrogens is 278 g/mol. The van der Waals surface area contributed by atoms with E-state index in [1.54, 1.807) is 6.07 Å². The maximum atomic E-state index is 10.4. The number of aliphatic hydroxyl groups is 1. The molecule has 0 aliphatic carbocycles. The van der Waals surface area contributed by atoms with Crippen LogP contribution in [0.2, 0.25) is 4.34 Å². The standard InChI is InChI=1S/C15H12ClNOS/c1-9-8-12(15(18)13-6-7-14(16)19-13)17-11-5-3-2-4-10(9)11/h2-8,15,18H,1H3. The largest absolute Gasteiger partial charge is 0.381 e. The molecule has 0 aliphatic rings. The van der Waals surface area contributed by atoms with Crippen LogP contribution in [0.15, 0.2) is 42.5 Å². The number of aryl methyl sites for hydroxylation is 1. The lowest BCUT2D eigenvalue weighted by molar-refractivity contribution is 0.219. The van der Waals surface area contributed by atoms with Crippen molar-refractivity contribution in [2.75, 3.05) is 0 Å². The lowest BCUT2D eigenvalue weighted by atomic mass is 10.1. The Balaban J connectivity index is 2.10. The number of hydrogen-bond donors (Lipinski definition) is 1. The summed E-state index contributed by atoms with van der Waals surface area (Å²) in [5.41, 5.74) is 2.68. The van der Waals surface area contributed by atoms with Gasteiger partial charge in [0, 0.05) is 10.3 Å². The molecule has 0 saturated heterocycles. The molecule has 1 unspecified atom stereocenters. The molecule has 2 heterocycles. The van der Waals surface area contributed by atoms with Gasteiger partial charge in [0.05, 0.1) is 15.5 Å². The van der Waals surface area contributed by atoms with Gasteiger partial charge in [-0.05, 0) is 36.8 Å². The van der Waals surface area contributed by atoms with Crippen LogP contribution < -0.4 is 0 Å². The van der Waals surface area contributed by atoms with Gasteiger partial charge < -0.3 is 5.11 Å². The van der Waals surface area contributed by atoms with Crippen molar-refractivity contribution >= 4 is 33.8 Å². The third-order valence-corrected chi connectivity index (χ3v) is 4.37. The summed E-state index contributed by atoms with van der Waals surface area (Å²) in [4.78, 5) is 5.35. The van der Waals surface area contributed by atoms with Gasteiger partial charge in [-0.3, -0.25) is 0 Å². The van der Waals surface area contributed by atoms with E-state index in [1.165, 1.54) is 11.3 Å². The van der Waals surface area contributed by atoms with Crippen molar-refractivity contribution in [2.45, 2.75) is 13.0 Å². The third kappa shape index (κ3) is 2.37. The predicted molar refractivity (Wildman–Crippen MR) is 79.9 cm³/mol. The fraction of sp³-hybridized carbons (Fsp3) is 0.133.